The molecule has 0 radical (unpaired) electrons. The van der Waals surface area contributed by atoms with Gasteiger partial charge in [0.1, 0.15) is 17.7 Å². The highest BCUT2D eigenvalue weighted by atomic mass is 16.6. The molecule has 0 fully saturated rings. The standard InChI is InChI=1S/C25H38N4O5/c1-9-16-12-11-13-17(14-16)20(21(31)28-24(3,4)5)29(10-2)22(32)18(15-19(26)30)27-23(33)34-25(6,7)8/h9,11-14,18,20H,1,10,15H2,2-8H3,(H2,26,30)(H,27,33)(H,28,31). The molecule has 2 unspecified atom stereocenters. The van der Waals surface area contributed by atoms with Crippen molar-refractivity contribution in [2.45, 2.75) is 78.1 Å². The molecular formula is C25H38N4O5. The predicted molar refractivity (Wildman–Crippen MR) is 132 cm³/mol. The van der Waals surface area contributed by atoms with Gasteiger partial charge in [-0.2, -0.15) is 0 Å². The van der Waals surface area contributed by atoms with E-state index in [-0.39, 0.29) is 6.54 Å². The van der Waals surface area contributed by atoms with Crippen molar-refractivity contribution in [2.24, 2.45) is 5.73 Å². The van der Waals surface area contributed by atoms with Gasteiger partial charge in [-0.3, -0.25) is 14.4 Å². The molecule has 4 N–H and O–H groups in total. The average molecular weight is 475 g/mol. The van der Waals surface area contributed by atoms with Crippen LogP contribution in [0.5, 0.6) is 0 Å². The minimum Gasteiger partial charge on any atom is -0.444 e. The van der Waals surface area contributed by atoms with Crippen LogP contribution in [0.2, 0.25) is 0 Å². The van der Waals surface area contributed by atoms with Gasteiger partial charge in [-0.25, -0.2) is 4.79 Å². The number of benzene rings is 1. The van der Waals surface area contributed by atoms with Crippen LogP contribution in [0.1, 0.15) is 72.1 Å². The maximum Gasteiger partial charge on any atom is 0.408 e. The van der Waals surface area contributed by atoms with Crippen LogP contribution in [-0.2, 0) is 19.1 Å². The number of rotatable bonds is 9. The second-order valence-corrected chi connectivity index (χ2v) is 10.0. The lowest BCUT2D eigenvalue weighted by molar-refractivity contribution is -0.143. The van der Waals surface area contributed by atoms with Crippen LogP contribution < -0.4 is 16.4 Å². The number of hydrogen-bond acceptors (Lipinski definition) is 5. The number of nitrogens with one attached hydrogen (secondary N) is 2. The molecule has 0 bridgehead atoms. The molecule has 4 amide bonds. The van der Waals surface area contributed by atoms with Gasteiger partial charge >= 0.3 is 6.09 Å². The zero-order valence-electron chi connectivity index (χ0n) is 21.2. The zero-order valence-corrected chi connectivity index (χ0v) is 21.2. The number of nitrogens with zero attached hydrogens (tertiary/aromatic N) is 1. The largest absolute Gasteiger partial charge is 0.444 e. The first-order chi connectivity index (χ1) is 15.6. The predicted octanol–water partition coefficient (Wildman–Crippen LogP) is 2.90. The summed E-state index contributed by atoms with van der Waals surface area (Å²) in [6.07, 6.45) is 0.322. The van der Waals surface area contributed by atoms with Gasteiger partial charge in [-0.05, 0) is 65.7 Å². The fraction of sp³-hybridized carbons (Fsp3) is 0.520. The third kappa shape index (κ3) is 9.25. The number of alkyl carbamates (subject to hydrolysis) is 1. The number of likely N-dealkylation sites (N-methyl/N-ethyl adjacent to an activating group) is 1. The van der Waals surface area contributed by atoms with Gasteiger partial charge in [0.15, 0.2) is 0 Å². The molecule has 1 aromatic carbocycles. The average Bonchev–Trinajstić information content (AvgIpc) is 2.67. The molecule has 0 heterocycles. The minimum atomic E-state index is -1.31. The normalized spacial score (nSPS) is 13.3. The van der Waals surface area contributed by atoms with Crippen LogP contribution in [0.25, 0.3) is 6.08 Å². The van der Waals surface area contributed by atoms with Gasteiger partial charge in [0, 0.05) is 12.1 Å². The smallest absolute Gasteiger partial charge is 0.408 e. The Kier molecular flexibility index (Phi) is 9.84. The fourth-order valence-electron chi connectivity index (χ4n) is 3.28. The number of hydrogen-bond donors (Lipinski definition) is 3. The van der Waals surface area contributed by atoms with Crippen molar-refractivity contribution in [3.05, 3.63) is 42.0 Å². The number of amides is 4. The maximum absolute atomic E-state index is 13.6. The molecular weight excluding hydrogens is 436 g/mol. The summed E-state index contributed by atoms with van der Waals surface area (Å²) in [6.45, 7) is 16.1. The summed E-state index contributed by atoms with van der Waals surface area (Å²) in [5.74, 6) is -1.82. The molecule has 0 aliphatic rings. The highest BCUT2D eigenvalue weighted by Gasteiger charge is 2.37. The van der Waals surface area contributed by atoms with Crippen LogP contribution in [0.4, 0.5) is 4.79 Å². The van der Waals surface area contributed by atoms with Gasteiger partial charge in [-0.1, -0.05) is 30.9 Å². The van der Waals surface area contributed by atoms with Gasteiger partial charge in [-0.15, -0.1) is 0 Å². The Morgan fingerprint density at radius 1 is 1.15 bits per heavy atom. The van der Waals surface area contributed by atoms with Gasteiger partial charge < -0.3 is 26.0 Å². The molecule has 9 nitrogen and oxygen atoms in total. The summed E-state index contributed by atoms with van der Waals surface area (Å²) < 4.78 is 5.24. The van der Waals surface area contributed by atoms with Crippen molar-refractivity contribution < 1.29 is 23.9 Å². The maximum atomic E-state index is 13.6. The number of primary amides is 1. The first kappa shape index (κ1) is 28.7. The third-order valence-corrected chi connectivity index (χ3v) is 4.54. The summed E-state index contributed by atoms with van der Waals surface area (Å²) in [4.78, 5) is 52.4. The SMILES string of the molecule is C=Cc1cccc(C(C(=O)NC(C)(C)C)N(CC)C(=O)C(CC(N)=O)NC(=O)OC(C)(C)C)c1. The Bertz CT molecular complexity index is 915. The van der Waals surface area contributed by atoms with E-state index in [0.717, 1.165) is 5.56 Å². The molecule has 0 aromatic heterocycles. The lowest BCUT2D eigenvalue weighted by atomic mass is 9.98. The molecule has 0 aliphatic heterocycles. The van der Waals surface area contributed by atoms with E-state index < -0.39 is 53.5 Å². The first-order valence-electron chi connectivity index (χ1n) is 11.2. The van der Waals surface area contributed by atoms with Gasteiger partial charge in [0.05, 0.1) is 6.42 Å². The van der Waals surface area contributed by atoms with Gasteiger partial charge in [0.25, 0.3) is 0 Å². The number of ether oxygens (including phenoxy) is 1. The summed E-state index contributed by atoms with van der Waals surface area (Å²) in [5, 5.41) is 5.35. The Labute approximate surface area is 202 Å². The van der Waals surface area contributed by atoms with Gasteiger partial charge in [0.2, 0.25) is 17.7 Å². The van der Waals surface area contributed by atoms with Crippen LogP contribution in [-0.4, -0.2) is 52.4 Å². The highest BCUT2D eigenvalue weighted by molar-refractivity contribution is 5.94. The van der Waals surface area contributed by atoms with E-state index in [4.69, 9.17) is 10.5 Å². The zero-order chi connectivity index (χ0) is 26.3. The van der Waals surface area contributed by atoms with Crippen molar-refractivity contribution in [3.63, 3.8) is 0 Å². The minimum absolute atomic E-state index is 0.130. The Balaban J connectivity index is 3.45. The molecule has 188 valence electrons. The summed E-state index contributed by atoms with van der Waals surface area (Å²) in [7, 11) is 0. The molecule has 2 atom stereocenters. The highest BCUT2D eigenvalue weighted by Crippen LogP contribution is 2.25. The van der Waals surface area contributed by atoms with Crippen molar-refractivity contribution in [1.82, 2.24) is 15.5 Å². The Morgan fingerprint density at radius 3 is 2.24 bits per heavy atom. The van der Waals surface area contributed by atoms with Crippen molar-refractivity contribution >= 4 is 29.9 Å². The van der Waals surface area contributed by atoms with E-state index in [1.165, 1.54) is 4.90 Å². The number of carbonyl (C=O) groups is 4. The van der Waals surface area contributed by atoms with Crippen LogP contribution in [0.3, 0.4) is 0 Å². The molecule has 34 heavy (non-hydrogen) atoms. The summed E-state index contributed by atoms with van der Waals surface area (Å²) >= 11 is 0. The lowest BCUT2D eigenvalue weighted by Gasteiger charge is -2.35. The molecule has 0 saturated heterocycles. The second-order valence-electron chi connectivity index (χ2n) is 10.0. The van der Waals surface area contributed by atoms with Crippen LogP contribution >= 0.6 is 0 Å². The molecule has 1 aromatic rings. The lowest BCUT2D eigenvalue weighted by Crippen LogP contribution is -2.55. The number of carbonyl (C=O) groups excluding carboxylic acids is 4. The van der Waals surface area contributed by atoms with Crippen molar-refractivity contribution in [3.8, 4) is 0 Å². The Hall–Kier alpha value is -3.36. The van der Waals surface area contributed by atoms with E-state index in [2.05, 4.69) is 17.2 Å². The monoisotopic (exact) mass is 474 g/mol. The van der Waals surface area contributed by atoms with E-state index in [0.29, 0.717) is 5.56 Å². The third-order valence-electron chi connectivity index (χ3n) is 4.54. The second kappa shape index (κ2) is 11.7. The quantitative estimate of drug-likeness (QED) is 0.506. The number of nitrogens with two attached hydrogens (primary N) is 1. The molecule has 0 spiro atoms. The van der Waals surface area contributed by atoms with E-state index >= 15 is 0 Å². The molecule has 0 aliphatic carbocycles. The van der Waals surface area contributed by atoms with E-state index in [1.54, 1.807) is 52.0 Å². The summed E-state index contributed by atoms with van der Waals surface area (Å²) in [6, 6.07) is 4.77. The van der Waals surface area contributed by atoms with Crippen LogP contribution in [0, 0.1) is 0 Å². The van der Waals surface area contributed by atoms with E-state index in [1.807, 2.05) is 26.8 Å². The summed E-state index contributed by atoms with van der Waals surface area (Å²) in [5.41, 5.74) is 5.31. The molecule has 1 rings (SSSR count). The van der Waals surface area contributed by atoms with Crippen molar-refractivity contribution in [1.29, 1.82) is 0 Å². The molecule has 9 heteroatoms. The molecule has 0 saturated carbocycles. The fourth-order valence-corrected chi connectivity index (χ4v) is 3.28. The van der Waals surface area contributed by atoms with Crippen LogP contribution in [0.15, 0.2) is 30.8 Å². The van der Waals surface area contributed by atoms with E-state index in [9.17, 15) is 19.2 Å². The van der Waals surface area contributed by atoms with Crippen molar-refractivity contribution in [2.75, 3.05) is 6.54 Å². The topological polar surface area (TPSA) is 131 Å². The first-order valence-corrected chi connectivity index (χ1v) is 11.2. The Morgan fingerprint density at radius 2 is 1.76 bits per heavy atom.